The van der Waals surface area contributed by atoms with Crippen LogP contribution >= 0.6 is 11.8 Å². The molecule has 1 N–H and O–H groups in total. The standard InChI is InChI=1S/C12H22N2O2S2/c1-10-3-5-12(6-4-10)9-17-11(14-12)13-7-8-18(2,15)16/h10H,3-9H2,1-2H3,(H,13,14). The van der Waals surface area contributed by atoms with Crippen LogP contribution < -0.4 is 5.32 Å². The van der Waals surface area contributed by atoms with E-state index in [4.69, 9.17) is 0 Å². The van der Waals surface area contributed by atoms with Gasteiger partial charge in [0.1, 0.15) is 9.84 Å². The van der Waals surface area contributed by atoms with Crippen molar-refractivity contribution in [1.29, 1.82) is 0 Å². The highest BCUT2D eigenvalue weighted by Crippen LogP contribution is 2.38. The fourth-order valence-corrected chi connectivity index (χ4v) is 4.16. The van der Waals surface area contributed by atoms with E-state index in [1.807, 2.05) is 0 Å². The lowest BCUT2D eigenvalue weighted by atomic mass is 9.78. The summed E-state index contributed by atoms with van der Waals surface area (Å²) in [4.78, 5) is 4.37. The van der Waals surface area contributed by atoms with Gasteiger partial charge in [0.2, 0.25) is 0 Å². The number of hydrogen-bond acceptors (Lipinski definition) is 4. The zero-order valence-corrected chi connectivity index (χ0v) is 12.7. The molecular weight excluding hydrogens is 268 g/mol. The highest BCUT2D eigenvalue weighted by Gasteiger charge is 2.39. The van der Waals surface area contributed by atoms with Gasteiger partial charge < -0.3 is 5.32 Å². The smallest absolute Gasteiger partial charge is 0.157 e. The molecule has 2 aliphatic rings. The molecule has 0 bridgehead atoms. The van der Waals surface area contributed by atoms with E-state index in [9.17, 15) is 8.42 Å². The summed E-state index contributed by atoms with van der Waals surface area (Å²) in [5, 5.41) is 4.47. The van der Waals surface area contributed by atoms with Gasteiger partial charge in [-0.15, -0.1) is 0 Å². The third-order valence-electron chi connectivity index (χ3n) is 3.81. The second kappa shape index (κ2) is 5.41. The SMILES string of the molecule is CC1CCC2(CC1)CSC(=NCCS(C)(=O)=O)N2. The minimum atomic E-state index is -2.90. The summed E-state index contributed by atoms with van der Waals surface area (Å²) in [5.41, 5.74) is 0.237. The van der Waals surface area contributed by atoms with Crippen molar-refractivity contribution in [3.8, 4) is 0 Å². The van der Waals surface area contributed by atoms with E-state index in [0.29, 0.717) is 6.54 Å². The van der Waals surface area contributed by atoms with Crippen molar-refractivity contribution in [2.45, 2.75) is 38.1 Å². The molecule has 0 aromatic heterocycles. The van der Waals surface area contributed by atoms with Crippen LogP contribution in [0.3, 0.4) is 0 Å². The van der Waals surface area contributed by atoms with E-state index >= 15 is 0 Å². The number of nitrogens with zero attached hydrogens (tertiary/aromatic N) is 1. The van der Waals surface area contributed by atoms with Crippen LogP contribution in [-0.2, 0) is 9.84 Å². The molecule has 0 unspecified atom stereocenters. The molecule has 0 aromatic rings. The third-order valence-corrected chi connectivity index (χ3v) is 5.93. The topological polar surface area (TPSA) is 58.5 Å². The van der Waals surface area contributed by atoms with Gasteiger partial charge in [-0.2, -0.15) is 0 Å². The molecule has 18 heavy (non-hydrogen) atoms. The minimum Gasteiger partial charge on any atom is -0.359 e. The van der Waals surface area contributed by atoms with E-state index in [1.54, 1.807) is 11.8 Å². The highest BCUT2D eigenvalue weighted by molar-refractivity contribution is 8.14. The second-order valence-corrected chi connectivity index (χ2v) is 8.92. The maximum Gasteiger partial charge on any atom is 0.157 e. The van der Waals surface area contributed by atoms with Gasteiger partial charge >= 0.3 is 0 Å². The van der Waals surface area contributed by atoms with Crippen LogP contribution in [0.4, 0.5) is 0 Å². The van der Waals surface area contributed by atoms with Gasteiger partial charge in [-0.25, -0.2) is 8.42 Å². The number of rotatable bonds is 3. The van der Waals surface area contributed by atoms with Crippen LogP contribution in [0.25, 0.3) is 0 Å². The molecule has 0 aromatic carbocycles. The Hall–Kier alpha value is -0.230. The van der Waals surface area contributed by atoms with Crippen molar-refractivity contribution in [2.75, 3.05) is 24.3 Å². The van der Waals surface area contributed by atoms with Crippen molar-refractivity contribution < 1.29 is 8.42 Å². The summed E-state index contributed by atoms with van der Waals surface area (Å²) < 4.78 is 22.1. The van der Waals surface area contributed by atoms with Crippen LogP contribution in [0.5, 0.6) is 0 Å². The lowest BCUT2D eigenvalue weighted by Crippen LogP contribution is -2.46. The Morgan fingerprint density at radius 1 is 1.44 bits per heavy atom. The molecular formula is C12H22N2O2S2. The highest BCUT2D eigenvalue weighted by atomic mass is 32.2. The summed E-state index contributed by atoms with van der Waals surface area (Å²) in [5.74, 6) is 2.06. The van der Waals surface area contributed by atoms with Crippen LogP contribution in [-0.4, -0.2) is 43.4 Å². The number of aliphatic imine (C=N–C) groups is 1. The van der Waals surface area contributed by atoms with Gasteiger partial charge in [-0.1, -0.05) is 18.7 Å². The first-order chi connectivity index (χ1) is 8.39. The van der Waals surface area contributed by atoms with Crippen molar-refractivity contribution in [3.63, 3.8) is 0 Å². The van der Waals surface area contributed by atoms with Crippen molar-refractivity contribution >= 4 is 26.8 Å². The molecule has 0 radical (unpaired) electrons. The molecule has 4 nitrogen and oxygen atoms in total. The number of sulfone groups is 1. The fourth-order valence-electron chi connectivity index (χ4n) is 2.49. The quantitative estimate of drug-likeness (QED) is 0.859. The first kappa shape index (κ1) is 14.2. The lowest BCUT2D eigenvalue weighted by Gasteiger charge is -2.35. The Morgan fingerprint density at radius 2 is 2.11 bits per heavy atom. The van der Waals surface area contributed by atoms with Crippen LogP contribution in [0.15, 0.2) is 4.99 Å². The molecule has 1 heterocycles. The average molecular weight is 290 g/mol. The Morgan fingerprint density at radius 3 is 2.72 bits per heavy atom. The van der Waals surface area contributed by atoms with Gasteiger partial charge in [0.25, 0.3) is 0 Å². The summed E-state index contributed by atoms with van der Waals surface area (Å²) in [7, 11) is -2.90. The molecule has 6 heteroatoms. The Balaban J connectivity index is 1.86. The number of amidine groups is 1. The summed E-state index contributed by atoms with van der Waals surface area (Å²) >= 11 is 1.74. The predicted octanol–water partition coefficient (Wildman–Crippen LogP) is 1.67. The largest absolute Gasteiger partial charge is 0.359 e. The normalized spacial score (nSPS) is 35.0. The molecule has 2 fully saturated rings. The van der Waals surface area contributed by atoms with Gasteiger partial charge in [0.05, 0.1) is 12.3 Å². The van der Waals surface area contributed by atoms with Gasteiger partial charge in [-0.05, 0) is 31.6 Å². The van der Waals surface area contributed by atoms with Crippen molar-refractivity contribution in [3.05, 3.63) is 0 Å². The molecule has 2 rings (SSSR count). The maximum atomic E-state index is 11.0. The number of hydrogen-bond donors (Lipinski definition) is 1. The average Bonchev–Trinajstić information content (AvgIpc) is 2.65. The summed E-state index contributed by atoms with van der Waals surface area (Å²) in [6.07, 6.45) is 6.25. The lowest BCUT2D eigenvalue weighted by molar-refractivity contribution is 0.251. The van der Waals surface area contributed by atoms with Gasteiger partial charge in [0.15, 0.2) is 5.17 Å². The van der Waals surface area contributed by atoms with E-state index in [-0.39, 0.29) is 11.3 Å². The van der Waals surface area contributed by atoms with E-state index in [2.05, 4.69) is 17.2 Å². The van der Waals surface area contributed by atoms with Crippen molar-refractivity contribution in [2.24, 2.45) is 10.9 Å². The Kier molecular flexibility index (Phi) is 4.26. The maximum absolute atomic E-state index is 11.0. The fraction of sp³-hybridized carbons (Fsp3) is 0.917. The van der Waals surface area contributed by atoms with Crippen LogP contribution in [0.2, 0.25) is 0 Å². The predicted molar refractivity (Wildman–Crippen MR) is 78.0 cm³/mol. The second-order valence-electron chi connectivity index (χ2n) is 5.69. The Labute approximate surface area is 114 Å². The third kappa shape index (κ3) is 3.88. The van der Waals surface area contributed by atoms with Crippen LogP contribution in [0, 0.1) is 5.92 Å². The van der Waals surface area contributed by atoms with Gasteiger partial charge in [-0.3, -0.25) is 4.99 Å². The van der Waals surface area contributed by atoms with E-state index < -0.39 is 9.84 Å². The first-order valence-electron chi connectivity index (χ1n) is 6.52. The molecule has 0 atom stereocenters. The van der Waals surface area contributed by atoms with Crippen LogP contribution in [0.1, 0.15) is 32.6 Å². The summed E-state index contributed by atoms with van der Waals surface area (Å²) in [6, 6.07) is 0. The molecule has 1 aliphatic carbocycles. The number of nitrogens with one attached hydrogen (secondary N) is 1. The molecule has 1 spiro atoms. The molecule has 104 valence electrons. The number of thioether (sulfide) groups is 1. The van der Waals surface area contributed by atoms with Gasteiger partial charge in [0, 0.05) is 17.5 Å². The first-order valence-corrected chi connectivity index (χ1v) is 9.56. The van der Waals surface area contributed by atoms with E-state index in [1.165, 1.54) is 31.9 Å². The molecule has 1 saturated heterocycles. The zero-order chi connectivity index (χ0) is 13.2. The monoisotopic (exact) mass is 290 g/mol. The molecule has 0 amide bonds. The minimum absolute atomic E-state index is 0.142. The van der Waals surface area contributed by atoms with Crippen molar-refractivity contribution in [1.82, 2.24) is 5.32 Å². The molecule has 1 aliphatic heterocycles. The summed E-state index contributed by atoms with van der Waals surface area (Å²) in [6.45, 7) is 2.69. The van der Waals surface area contributed by atoms with E-state index in [0.717, 1.165) is 16.8 Å². The Bertz CT molecular complexity index is 423. The zero-order valence-electron chi connectivity index (χ0n) is 11.1. The molecule has 1 saturated carbocycles.